The Morgan fingerprint density at radius 1 is 1.62 bits per heavy atom. The van der Waals surface area contributed by atoms with Gasteiger partial charge in [-0.1, -0.05) is 11.6 Å². The molecular formula is C7H4ClN4O+. The smallest absolute Gasteiger partial charge is 0.220 e. The highest BCUT2D eigenvalue weighted by molar-refractivity contribution is 6.29. The van der Waals surface area contributed by atoms with Crippen molar-refractivity contribution in [2.24, 2.45) is 4.99 Å². The summed E-state index contributed by atoms with van der Waals surface area (Å²) in [6, 6.07) is 1.61. The molecule has 0 fully saturated rings. The number of nitrogens with zero attached hydrogens (tertiary/aromatic N) is 4. The van der Waals surface area contributed by atoms with Crippen molar-refractivity contribution in [1.82, 2.24) is 14.6 Å². The summed E-state index contributed by atoms with van der Waals surface area (Å²) in [6.07, 6.45) is 4.78. The van der Waals surface area contributed by atoms with Crippen molar-refractivity contribution < 1.29 is 4.79 Å². The van der Waals surface area contributed by atoms with Crippen LogP contribution in [0.5, 0.6) is 0 Å². The van der Waals surface area contributed by atoms with Crippen LogP contribution in [0.25, 0.3) is 5.65 Å². The second-order valence-corrected chi connectivity index (χ2v) is 2.65. The molecule has 0 amide bonds. The molecule has 1 N–H and O–H groups in total. The van der Waals surface area contributed by atoms with Gasteiger partial charge in [0.15, 0.2) is 5.65 Å². The van der Waals surface area contributed by atoms with E-state index in [4.69, 9.17) is 16.4 Å². The molecule has 0 aromatic carbocycles. The van der Waals surface area contributed by atoms with Gasteiger partial charge in [-0.15, -0.1) is 4.99 Å². The van der Waals surface area contributed by atoms with Crippen LogP contribution in [0.4, 0.5) is 5.69 Å². The lowest BCUT2D eigenvalue weighted by Crippen LogP contribution is -1.87. The molecule has 0 aliphatic heterocycles. The summed E-state index contributed by atoms with van der Waals surface area (Å²) in [5.74, 6) is 0. The molecule has 5 nitrogen and oxygen atoms in total. The first-order valence-electron chi connectivity index (χ1n) is 3.41. The zero-order chi connectivity index (χ0) is 9.26. The monoisotopic (exact) mass is 195 g/mol. The Morgan fingerprint density at radius 2 is 2.46 bits per heavy atom. The van der Waals surface area contributed by atoms with E-state index in [0.717, 1.165) is 0 Å². The molecule has 0 radical (unpaired) electrons. The first-order chi connectivity index (χ1) is 6.31. The number of hydrogen-bond donors (Lipinski definition) is 0. The van der Waals surface area contributed by atoms with Crippen molar-refractivity contribution in [2.75, 3.05) is 0 Å². The molecule has 0 aliphatic carbocycles. The normalized spacial score (nSPS) is 9.92. The van der Waals surface area contributed by atoms with E-state index in [1.807, 2.05) is 0 Å². The summed E-state index contributed by atoms with van der Waals surface area (Å²) in [6.45, 7) is 0. The molecule has 0 saturated carbocycles. The Hall–Kier alpha value is -1.71. The second-order valence-electron chi connectivity index (χ2n) is 2.26. The van der Waals surface area contributed by atoms with E-state index in [-0.39, 0.29) is 0 Å². The molecule has 0 atom stereocenters. The maximum absolute atomic E-state index is 8.35. The molecule has 0 aliphatic rings. The van der Waals surface area contributed by atoms with Gasteiger partial charge in [0.05, 0.1) is 6.20 Å². The average molecular weight is 196 g/mol. The molecular weight excluding hydrogens is 192 g/mol. The zero-order valence-electron chi connectivity index (χ0n) is 6.35. The first kappa shape index (κ1) is 7.91. The van der Waals surface area contributed by atoms with Crippen LogP contribution in [0.3, 0.4) is 0 Å². The molecule has 0 spiro atoms. The van der Waals surface area contributed by atoms with Gasteiger partial charge in [0, 0.05) is 6.20 Å². The molecule has 2 rings (SSSR count). The van der Waals surface area contributed by atoms with Gasteiger partial charge < -0.3 is 0 Å². The highest BCUT2D eigenvalue weighted by Crippen LogP contribution is 2.18. The van der Waals surface area contributed by atoms with E-state index < -0.39 is 0 Å². The van der Waals surface area contributed by atoms with Crippen LogP contribution in [0.1, 0.15) is 0 Å². The van der Waals surface area contributed by atoms with Gasteiger partial charge in [-0.3, -0.25) is 0 Å². The molecule has 0 bridgehead atoms. The number of aliphatic imine (C=N–C) groups is 1. The number of carbonyl (C=O) groups excluding carboxylic acids is 1. The van der Waals surface area contributed by atoms with Crippen molar-refractivity contribution in [3.05, 3.63) is 23.6 Å². The van der Waals surface area contributed by atoms with Crippen LogP contribution in [-0.4, -0.2) is 25.5 Å². The zero-order valence-corrected chi connectivity index (χ0v) is 7.10. The van der Waals surface area contributed by atoms with Crippen molar-refractivity contribution in [3.63, 3.8) is 0 Å². The number of isocyanates is 1. The largest absolute Gasteiger partial charge is 0.472 e. The van der Waals surface area contributed by atoms with Gasteiger partial charge in [0.2, 0.25) is 0 Å². The summed E-state index contributed by atoms with van der Waals surface area (Å²) in [4.78, 5) is 15.9. The Kier molecular flexibility index (Phi) is 1.81. The molecule has 2 heterocycles. The van der Waals surface area contributed by atoms with E-state index in [9.17, 15) is 0 Å². The number of halogens is 1. The molecule has 2 aromatic rings. The van der Waals surface area contributed by atoms with E-state index in [2.05, 4.69) is 15.1 Å². The Morgan fingerprint density at radius 3 is 3.23 bits per heavy atom. The predicted octanol–water partition coefficient (Wildman–Crippen LogP) is 1.29. The Labute approximate surface area is 77.7 Å². The van der Waals surface area contributed by atoms with Crippen LogP contribution < -0.4 is 0 Å². The van der Waals surface area contributed by atoms with Gasteiger partial charge in [-0.25, -0.2) is 14.3 Å². The number of hydrogen-bond acceptors (Lipinski definition) is 3. The van der Waals surface area contributed by atoms with Crippen LogP contribution in [0.15, 0.2) is 23.5 Å². The lowest BCUT2D eigenvalue weighted by molar-refractivity contribution is 0.697. The van der Waals surface area contributed by atoms with Crippen molar-refractivity contribution in [2.45, 2.75) is 0 Å². The third-order valence-corrected chi connectivity index (χ3v) is 1.70. The van der Waals surface area contributed by atoms with E-state index in [0.29, 0.717) is 16.5 Å². The number of aromatic nitrogens is 3. The van der Waals surface area contributed by atoms with E-state index in [1.165, 1.54) is 10.7 Å². The fraction of sp³-hybridized carbons (Fsp3) is 0. The molecule has 2 aromatic heterocycles. The maximum Gasteiger partial charge on any atom is 0.472 e. The lowest BCUT2D eigenvalue weighted by Gasteiger charge is -1.91. The summed E-state index contributed by atoms with van der Waals surface area (Å²) < 4.78 is 1.50. The van der Waals surface area contributed by atoms with Gasteiger partial charge >= 0.3 is 6.08 Å². The van der Waals surface area contributed by atoms with Crippen LogP contribution >= 0.6 is 11.6 Å². The maximum atomic E-state index is 8.35. The van der Waals surface area contributed by atoms with E-state index in [1.54, 1.807) is 18.3 Å². The molecule has 13 heavy (non-hydrogen) atoms. The van der Waals surface area contributed by atoms with E-state index >= 15 is 0 Å². The predicted molar refractivity (Wildman–Crippen MR) is 47.0 cm³/mol. The molecule has 6 heteroatoms. The van der Waals surface area contributed by atoms with Gasteiger partial charge in [-0.2, -0.15) is 5.10 Å². The van der Waals surface area contributed by atoms with Crippen LogP contribution in [0, 0.1) is 0 Å². The highest BCUT2D eigenvalue weighted by atomic mass is 35.5. The summed E-state index contributed by atoms with van der Waals surface area (Å²) in [7, 11) is 0. The fourth-order valence-corrected chi connectivity index (χ4v) is 1.10. The van der Waals surface area contributed by atoms with Crippen molar-refractivity contribution >= 4 is 29.0 Å². The fourth-order valence-electron chi connectivity index (χ4n) is 0.968. The van der Waals surface area contributed by atoms with Crippen LogP contribution in [0.2, 0.25) is 5.15 Å². The van der Waals surface area contributed by atoms with Crippen LogP contribution in [-0.2, 0) is 0 Å². The summed E-state index contributed by atoms with van der Waals surface area (Å²) in [5.41, 5.74) is 0.902. The molecule has 0 saturated heterocycles. The van der Waals surface area contributed by atoms with Crippen molar-refractivity contribution in [1.29, 1.82) is 0 Å². The van der Waals surface area contributed by atoms with Gasteiger partial charge in [-0.05, 0) is 6.07 Å². The topological polar surface area (TPSA) is 64.0 Å². The Bertz CT molecular complexity index is 500. The molecule has 64 valence electrons. The molecule has 0 unspecified atom stereocenters. The quantitative estimate of drug-likeness (QED) is 0.298. The number of fused-ring (bicyclic) bond motifs is 1. The standard InChI is InChI=1S/C7H3ClN4O/c8-6-1-2-12-7(11-6)5(3-10-12)9-4-13/h1-3H/p+1. The Balaban J connectivity index is 2.78. The summed E-state index contributed by atoms with van der Waals surface area (Å²) in [5, 5.41) is 4.28. The average Bonchev–Trinajstić information content (AvgIpc) is 2.49. The third-order valence-electron chi connectivity index (χ3n) is 1.49. The minimum Gasteiger partial charge on any atom is -0.220 e. The summed E-state index contributed by atoms with van der Waals surface area (Å²) >= 11 is 5.67. The highest BCUT2D eigenvalue weighted by Gasteiger charge is 2.04. The lowest BCUT2D eigenvalue weighted by atomic mass is 10.5. The SMILES string of the molecule is [OH+]=C=Nc1cnn2ccc(Cl)nc12. The second kappa shape index (κ2) is 2.97. The third kappa shape index (κ3) is 1.30. The minimum atomic E-state index is 0.349. The van der Waals surface area contributed by atoms with Crippen molar-refractivity contribution in [3.8, 4) is 0 Å². The minimum absolute atomic E-state index is 0.349. The van der Waals surface area contributed by atoms with Gasteiger partial charge in [0.25, 0.3) is 0 Å². The number of rotatable bonds is 1. The van der Waals surface area contributed by atoms with Gasteiger partial charge in [0.1, 0.15) is 10.8 Å². The first-order valence-corrected chi connectivity index (χ1v) is 3.79.